The van der Waals surface area contributed by atoms with Crippen molar-refractivity contribution in [2.75, 3.05) is 13.1 Å². The summed E-state index contributed by atoms with van der Waals surface area (Å²) in [5.41, 5.74) is 4.71. The zero-order chi connectivity index (χ0) is 19.5. The fourth-order valence-corrected chi connectivity index (χ4v) is 6.77. The van der Waals surface area contributed by atoms with Gasteiger partial charge in [0, 0.05) is 18.2 Å². The Kier molecular flexibility index (Phi) is 3.05. The summed E-state index contributed by atoms with van der Waals surface area (Å²) in [6.45, 7) is 1.77. The van der Waals surface area contributed by atoms with Crippen LogP contribution >= 0.6 is 0 Å². The standard InChI is InChI=1S/C21H26N2O5/c22-20(18(25)26)5-6-21(27)14-9-12-3-4-13(24)16-15(12)19(21,17(20)28-16)7-8-23(14)10-11-1-2-11/h3-4,11,14,17,24,27H,1-2,5-10,22H2,(H,25,26)/t14?,17-,19+,20-,21-/m1/s1. The summed E-state index contributed by atoms with van der Waals surface area (Å²) < 4.78 is 6.15. The van der Waals surface area contributed by atoms with E-state index in [1.165, 1.54) is 12.8 Å². The topological polar surface area (TPSA) is 116 Å². The van der Waals surface area contributed by atoms with Crippen molar-refractivity contribution in [2.24, 2.45) is 11.7 Å². The van der Waals surface area contributed by atoms with E-state index in [1.807, 2.05) is 6.07 Å². The molecule has 7 heteroatoms. The van der Waals surface area contributed by atoms with E-state index in [1.54, 1.807) is 6.07 Å². The van der Waals surface area contributed by atoms with E-state index in [0.717, 1.165) is 24.2 Å². The number of carboxylic acid groups (broad SMARTS) is 1. The van der Waals surface area contributed by atoms with Gasteiger partial charge in [-0.25, -0.2) is 0 Å². The summed E-state index contributed by atoms with van der Waals surface area (Å²) in [5, 5.41) is 32.6. The number of hydrogen-bond acceptors (Lipinski definition) is 6. The maximum absolute atomic E-state index is 12.2. The van der Waals surface area contributed by atoms with Gasteiger partial charge in [-0.05, 0) is 62.6 Å². The van der Waals surface area contributed by atoms with Gasteiger partial charge in [-0.2, -0.15) is 0 Å². The van der Waals surface area contributed by atoms with Crippen LogP contribution in [0.2, 0.25) is 0 Å². The number of hydrogen-bond donors (Lipinski definition) is 4. The maximum Gasteiger partial charge on any atom is 0.327 e. The van der Waals surface area contributed by atoms with Crippen LogP contribution in [0, 0.1) is 5.92 Å². The monoisotopic (exact) mass is 386 g/mol. The van der Waals surface area contributed by atoms with E-state index in [9.17, 15) is 20.1 Å². The SMILES string of the molecule is N[C@]1(C(=O)O)CC[C@@]2(O)C3Cc4ccc(O)c5c4[C@@]2(CCN3CC2CC2)[C@H]1O5. The number of aromatic hydroxyl groups is 1. The molecule has 1 aromatic carbocycles. The van der Waals surface area contributed by atoms with Crippen molar-refractivity contribution in [3.05, 3.63) is 23.3 Å². The highest BCUT2D eigenvalue weighted by Crippen LogP contribution is 2.66. The molecule has 0 amide bonds. The summed E-state index contributed by atoms with van der Waals surface area (Å²) in [7, 11) is 0. The van der Waals surface area contributed by atoms with Gasteiger partial charge >= 0.3 is 5.97 Å². The lowest BCUT2D eigenvalue weighted by Crippen LogP contribution is -2.81. The minimum absolute atomic E-state index is 0.00327. The van der Waals surface area contributed by atoms with Crippen molar-refractivity contribution in [1.82, 2.24) is 4.90 Å². The number of phenolic OH excluding ortho intramolecular Hbond substituents is 1. The molecule has 6 rings (SSSR count). The highest BCUT2D eigenvalue weighted by molar-refractivity contribution is 5.82. The predicted octanol–water partition coefficient (Wildman–Crippen LogP) is 0.738. The third kappa shape index (κ3) is 1.75. The first-order valence-corrected chi connectivity index (χ1v) is 10.3. The van der Waals surface area contributed by atoms with Crippen molar-refractivity contribution in [3.63, 3.8) is 0 Å². The van der Waals surface area contributed by atoms with E-state index < -0.39 is 28.6 Å². The normalized spacial score (nSPS) is 43.4. The van der Waals surface area contributed by atoms with E-state index in [0.29, 0.717) is 30.9 Å². The van der Waals surface area contributed by atoms with Gasteiger partial charge in [0.25, 0.3) is 0 Å². The molecule has 5 N–H and O–H groups in total. The van der Waals surface area contributed by atoms with Gasteiger partial charge in [-0.3, -0.25) is 9.69 Å². The molecule has 1 saturated heterocycles. The Morgan fingerprint density at radius 1 is 1.29 bits per heavy atom. The van der Waals surface area contributed by atoms with Crippen LogP contribution in [0.25, 0.3) is 0 Å². The molecule has 2 heterocycles. The minimum atomic E-state index is -1.59. The Balaban J connectivity index is 1.58. The molecule has 2 bridgehead atoms. The van der Waals surface area contributed by atoms with Crippen LogP contribution in [0.5, 0.6) is 11.5 Å². The Morgan fingerprint density at radius 3 is 2.79 bits per heavy atom. The third-order valence-corrected chi connectivity index (χ3v) is 8.30. The lowest BCUT2D eigenvalue weighted by atomic mass is 9.46. The van der Waals surface area contributed by atoms with Crippen LogP contribution in [-0.2, 0) is 16.6 Å². The van der Waals surface area contributed by atoms with Crippen molar-refractivity contribution in [3.8, 4) is 11.5 Å². The number of nitrogens with zero attached hydrogens (tertiary/aromatic N) is 1. The van der Waals surface area contributed by atoms with Crippen molar-refractivity contribution in [1.29, 1.82) is 0 Å². The molecule has 1 spiro atoms. The molecule has 2 aliphatic heterocycles. The van der Waals surface area contributed by atoms with Gasteiger partial charge in [-0.15, -0.1) is 0 Å². The number of ether oxygens (including phenoxy) is 1. The molecule has 2 saturated carbocycles. The number of carboxylic acids is 1. The molecule has 3 fully saturated rings. The number of aliphatic hydroxyl groups is 1. The summed E-state index contributed by atoms with van der Waals surface area (Å²) in [5.74, 6) is -0.0731. The fourth-order valence-electron chi connectivity index (χ4n) is 6.77. The molecule has 0 aromatic heterocycles. The van der Waals surface area contributed by atoms with E-state index >= 15 is 0 Å². The number of rotatable bonds is 3. The van der Waals surface area contributed by atoms with E-state index in [4.69, 9.17) is 10.5 Å². The molecule has 5 aliphatic rings. The van der Waals surface area contributed by atoms with Crippen LogP contribution in [-0.4, -0.2) is 62.6 Å². The molecule has 150 valence electrons. The number of likely N-dealkylation sites (tertiary alicyclic amines) is 1. The first-order chi connectivity index (χ1) is 13.3. The molecular formula is C21H26N2O5. The second-order valence-corrected chi connectivity index (χ2v) is 9.60. The second kappa shape index (κ2) is 5.01. The summed E-state index contributed by atoms with van der Waals surface area (Å²) in [6.07, 6.45) is 3.38. The number of benzene rings is 1. The number of nitrogens with two attached hydrogens (primary N) is 1. The van der Waals surface area contributed by atoms with Gasteiger partial charge < -0.3 is 25.8 Å². The quantitative estimate of drug-likeness (QED) is 0.605. The van der Waals surface area contributed by atoms with Crippen LogP contribution in [0.1, 0.15) is 43.2 Å². The Morgan fingerprint density at radius 2 is 2.07 bits per heavy atom. The lowest BCUT2D eigenvalue weighted by Gasteiger charge is -2.65. The van der Waals surface area contributed by atoms with Crippen LogP contribution < -0.4 is 10.5 Å². The second-order valence-electron chi connectivity index (χ2n) is 9.60. The van der Waals surface area contributed by atoms with E-state index in [2.05, 4.69) is 4.90 Å². The van der Waals surface area contributed by atoms with Gasteiger partial charge in [0.15, 0.2) is 17.0 Å². The Bertz CT molecular complexity index is 901. The third-order valence-electron chi connectivity index (χ3n) is 8.30. The first-order valence-electron chi connectivity index (χ1n) is 10.3. The zero-order valence-corrected chi connectivity index (χ0v) is 15.7. The number of piperidine rings is 1. The molecule has 0 radical (unpaired) electrons. The largest absolute Gasteiger partial charge is 0.504 e. The summed E-state index contributed by atoms with van der Waals surface area (Å²) in [4.78, 5) is 14.6. The lowest BCUT2D eigenvalue weighted by molar-refractivity contribution is -0.207. The molecule has 28 heavy (non-hydrogen) atoms. The predicted molar refractivity (Wildman–Crippen MR) is 99.3 cm³/mol. The fraction of sp³-hybridized carbons (Fsp3) is 0.667. The maximum atomic E-state index is 12.2. The number of carbonyl (C=O) groups is 1. The molecule has 3 aliphatic carbocycles. The zero-order valence-electron chi connectivity index (χ0n) is 15.7. The summed E-state index contributed by atoms with van der Waals surface area (Å²) >= 11 is 0. The van der Waals surface area contributed by atoms with Crippen molar-refractivity contribution in [2.45, 2.75) is 67.2 Å². The highest BCUT2D eigenvalue weighted by atomic mass is 16.5. The van der Waals surface area contributed by atoms with Crippen molar-refractivity contribution < 1.29 is 24.9 Å². The first kappa shape index (κ1) is 17.1. The molecular weight excluding hydrogens is 360 g/mol. The van der Waals surface area contributed by atoms with Crippen LogP contribution in [0.3, 0.4) is 0 Å². The average molecular weight is 386 g/mol. The average Bonchev–Trinajstić information content (AvgIpc) is 3.39. The molecule has 1 aromatic rings. The van der Waals surface area contributed by atoms with Gasteiger partial charge in [0.2, 0.25) is 0 Å². The van der Waals surface area contributed by atoms with E-state index in [-0.39, 0.29) is 18.2 Å². The Hall–Kier alpha value is -1.83. The van der Waals surface area contributed by atoms with Crippen LogP contribution in [0.4, 0.5) is 0 Å². The van der Waals surface area contributed by atoms with Gasteiger partial charge in [-0.1, -0.05) is 6.07 Å². The number of aliphatic carboxylic acids is 1. The summed E-state index contributed by atoms with van der Waals surface area (Å²) in [6, 6.07) is 3.45. The molecule has 7 nitrogen and oxygen atoms in total. The van der Waals surface area contributed by atoms with Gasteiger partial charge in [0.1, 0.15) is 6.10 Å². The van der Waals surface area contributed by atoms with Crippen LogP contribution in [0.15, 0.2) is 12.1 Å². The van der Waals surface area contributed by atoms with Gasteiger partial charge in [0.05, 0.1) is 11.0 Å². The smallest absolute Gasteiger partial charge is 0.327 e. The number of phenols is 1. The minimum Gasteiger partial charge on any atom is -0.504 e. The Labute approximate surface area is 163 Å². The molecule has 5 atom stereocenters. The molecule has 1 unspecified atom stereocenters. The highest BCUT2D eigenvalue weighted by Gasteiger charge is 2.76. The van der Waals surface area contributed by atoms with Crippen molar-refractivity contribution >= 4 is 5.97 Å².